The van der Waals surface area contributed by atoms with E-state index in [-0.39, 0.29) is 17.1 Å². The van der Waals surface area contributed by atoms with E-state index in [9.17, 15) is 9.90 Å². The highest BCUT2D eigenvalue weighted by molar-refractivity contribution is 5.90. The van der Waals surface area contributed by atoms with Crippen LogP contribution in [0.5, 0.6) is 5.75 Å². The molecule has 0 aliphatic carbocycles. The minimum absolute atomic E-state index is 0.0983. The number of carbonyl (C=O) groups excluding carboxylic acids is 1. The van der Waals surface area contributed by atoms with E-state index >= 15 is 0 Å². The second-order valence-electron chi connectivity index (χ2n) is 6.37. The standard InChI is InChI=1S/C17H22N2O3/c1-11-14(22-16(18-11)17(2,3)4)9-10-15(21)19-12-5-7-13(20)8-6-12/h5-8,20H,9-10H2,1-4H3,(H,19,21). The van der Waals surface area contributed by atoms with Crippen LogP contribution in [0.15, 0.2) is 28.7 Å². The largest absolute Gasteiger partial charge is 0.508 e. The fourth-order valence-corrected chi connectivity index (χ4v) is 1.98. The van der Waals surface area contributed by atoms with Gasteiger partial charge in [-0.25, -0.2) is 4.98 Å². The molecule has 0 saturated heterocycles. The molecule has 0 aliphatic heterocycles. The summed E-state index contributed by atoms with van der Waals surface area (Å²) in [5.74, 6) is 1.52. The molecule has 5 heteroatoms. The number of amides is 1. The molecule has 1 aromatic heterocycles. The molecule has 2 N–H and O–H groups in total. The molecule has 0 fully saturated rings. The maximum absolute atomic E-state index is 12.0. The van der Waals surface area contributed by atoms with Gasteiger partial charge >= 0.3 is 0 Å². The fraction of sp³-hybridized carbons (Fsp3) is 0.412. The number of phenolic OH excluding ortho intramolecular Hbond substituents is 1. The molecular formula is C17H22N2O3. The summed E-state index contributed by atoms with van der Waals surface area (Å²) in [6, 6.07) is 6.38. The van der Waals surface area contributed by atoms with Crippen LogP contribution in [0.3, 0.4) is 0 Å². The summed E-state index contributed by atoms with van der Waals surface area (Å²) < 4.78 is 5.77. The Morgan fingerprint density at radius 1 is 1.27 bits per heavy atom. The summed E-state index contributed by atoms with van der Waals surface area (Å²) in [6.45, 7) is 8.02. The molecule has 0 spiro atoms. The second-order valence-corrected chi connectivity index (χ2v) is 6.37. The molecule has 5 nitrogen and oxygen atoms in total. The molecule has 2 aromatic rings. The lowest BCUT2D eigenvalue weighted by Gasteiger charge is -2.12. The molecule has 0 atom stereocenters. The summed E-state index contributed by atoms with van der Waals surface area (Å²) in [5, 5.41) is 12.0. The maximum atomic E-state index is 12.0. The molecule has 1 heterocycles. The Balaban J connectivity index is 1.94. The van der Waals surface area contributed by atoms with E-state index in [0.29, 0.717) is 24.4 Å². The highest BCUT2D eigenvalue weighted by Gasteiger charge is 2.22. The molecule has 118 valence electrons. The van der Waals surface area contributed by atoms with Crippen LogP contribution in [-0.2, 0) is 16.6 Å². The number of aromatic nitrogens is 1. The van der Waals surface area contributed by atoms with Crippen molar-refractivity contribution in [3.05, 3.63) is 41.6 Å². The topological polar surface area (TPSA) is 75.4 Å². The van der Waals surface area contributed by atoms with Gasteiger partial charge in [0.25, 0.3) is 0 Å². The van der Waals surface area contributed by atoms with Crippen molar-refractivity contribution in [1.82, 2.24) is 4.98 Å². The first kappa shape index (κ1) is 16.1. The molecular weight excluding hydrogens is 280 g/mol. The lowest BCUT2D eigenvalue weighted by molar-refractivity contribution is -0.116. The maximum Gasteiger partial charge on any atom is 0.224 e. The first-order valence-corrected chi connectivity index (χ1v) is 7.31. The number of anilines is 1. The van der Waals surface area contributed by atoms with Crippen molar-refractivity contribution in [3.63, 3.8) is 0 Å². The summed E-state index contributed by atoms with van der Waals surface area (Å²) in [7, 11) is 0. The summed E-state index contributed by atoms with van der Waals surface area (Å²) in [5.41, 5.74) is 1.35. The number of hydrogen-bond acceptors (Lipinski definition) is 4. The Bertz CT molecular complexity index is 652. The number of hydrogen-bond donors (Lipinski definition) is 2. The molecule has 2 rings (SSSR count). The molecule has 1 aromatic carbocycles. The SMILES string of the molecule is Cc1nc(C(C)(C)C)oc1CCC(=O)Nc1ccc(O)cc1. The van der Waals surface area contributed by atoms with E-state index in [0.717, 1.165) is 11.5 Å². The van der Waals surface area contributed by atoms with Crippen molar-refractivity contribution in [1.29, 1.82) is 0 Å². The van der Waals surface area contributed by atoms with Crippen molar-refractivity contribution >= 4 is 11.6 Å². The lowest BCUT2D eigenvalue weighted by atomic mass is 9.97. The molecule has 0 aliphatic rings. The minimum atomic E-state index is -0.142. The van der Waals surface area contributed by atoms with Gasteiger partial charge in [0.15, 0.2) is 5.89 Å². The highest BCUT2D eigenvalue weighted by atomic mass is 16.4. The van der Waals surface area contributed by atoms with Crippen LogP contribution in [0.1, 0.15) is 44.5 Å². The Labute approximate surface area is 130 Å². The average molecular weight is 302 g/mol. The Morgan fingerprint density at radius 2 is 1.91 bits per heavy atom. The van der Waals surface area contributed by atoms with Crippen molar-refractivity contribution in [2.75, 3.05) is 5.32 Å². The number of carbonyl (C=O) groups is 1. The van der Waals surface area contributed by atoms with Crippen molar-refractivity contribution in [2.24, 2.45) is 0 Å². The van der Waals surface area contributed by atoms with Crippen LogP contribution in [0, 0.1) is 6.92 Å². The number of nitrogens with zero attached hydrogens (tertiary/aromatic N) is 1. The molecule has 0 unspecified atom stereocenters. The predicted octanol–water partition coefficient (Wildman–Crippen LogP) is 3.56. The quantitative estimate of drug-likeness (QED) is 0.847. The zero-order chi connectivity index (χ0) is 16.3. The van der Waals surface area contributed by atoms with E-state index in [1.165, 1.54) is 12.1 Å². The van der Waals surface area contributed by atoms with Gasteiger partial charge in [-0.1, -0.05) is 20.8 Å². The number of benzene rings is 1. The Kier molecular flexibility index (Phi) is 4.54. The molecule has 0 saturated carbocycles. The smallest absolute Gasteiger partial charge is 0.224 e. The normalized spacial score (nSPS) is 11.5. The van der Waals surface area contributed by atoms with E-state index in [1.807, 2.05) is 27.7 Å². The second kappa shape index (κ2) is 6.22. The first-order valence-electron chi connectivity index (χ1n) is 7.31. The van der Waals surface area contributed by atoms with Gasteiger partial charge in [-0.15, -0.1) is 0 Å². The highest BCUT2D eigenvalue weighted by Crippen LogP contribution is 2.24. The van der Waals surface area contributed by atoms with Crippen LogP contribution in [0.25, 0.3) is 0 Å². The minimum Gasteiger partial charge on any atom is -0.508 e. The van der Waals surface area contributed by atoms with Crippen molar-refractivity contribution in [2.45, 2.75) is 46.0 Å². The fourth-order valence-electron chi connectivity index (χ4n) is 1.98. The van der Waals surface area contributed by atoms with E-state index in [4.69, 9.17) is 4.42 Å². The summed E-state index contributed by atoms with van der Waals surface area (Å²) in [4.78, 5) is 16.4. The lowest BCUT2D eigenvalue weighted by Crippen LogP contribution is -2.12. The van der Waals surface area contributed by atoms with Crippen molar-refractivity contribution < 1.29 is 14.3 Å². The molecule has 0 bridgehead atoms. The van der Waals surface area contributed by atoms with Crippen molar-refractivity contribution in [3.8, 4) is 5.75 Å². The number of nitrogens with one attached hydrogen (secondary N) is 1. The van der Waals surface area contributed by atoms with Crippen LogP contribution < -0.4 is 5.32 Å². The molecule has 1 amide bonds. The summed E-state index contributed by atoms with van der Waals surface area (Å²) in [6.07, 6.45) is 0.833. The number of phenols is 1. The van der Waals surface area contributed by atoms with Gasteiger partial charge in [-0.05, 0) is 31.2 Å². The average Bonchev–Trinajstić information content (AvgIpc) is 2.80. The zero-order valence-corrected chi connectivity index (χ0v) is 13.4. The van der Waals surface area contributed by atoms with E-state index < -0.39 is 0 Å². The third-order valence-corrected chi connectivity index (χ3v) is 3.26. The molecule has 0 radical (unpaired) electrons. The Morgan fingerprint density at radius 3 is 2.45 bits per heavy atom. The van der Waals surface area contributed by atoms with Gasteiger partial charge in [0.05, 0.1) is 5.69 Å². The summed E-state index contributed by atoms with van der Waals surface area (Å²) >= 11 is 0. The van der Waals surface area contributed by atoms with Gasteiger partial charge < -0.3 is 14.8 Å². The van der Waals surface area contributed by atoms with E-state index in [2.05, 4.69) is 10.3 Å². The van der Waals surface area contributed by atoms with Gasteiger partial charge in [-0.2, -0.15) is 0 Å². The monoisotopic (exact) mass is 302 g/mol. The van der Waals surface area contributed by atoms with Gasteiger partial charge in [-0.3, -0.25) is 4.79 Å². The van der Waals surface area contributed by atoms with Crippen LogP contribution in [-0.4, -0.2) is 16.0 Å². The Hall–Kier alpha value is -2.30. The predicted molar refractivity (Wildman–Crippen MR) is 85.0 cm³/mol. The van der Waals surface area contributed by atoms with Crippen LogP contribution >= 0.6 is 0 Å². The number of aryl methyl sites for hydroxylation is 2. The molecule has 22 heavy (non-hydrogen) atoms. The van der Waals surface area contributed by atoms with Gasteiger partial charge in [0, 0.05) is 23.9 Å². The number of aromatic hydroxyl groups is 1. The zero-order valence-electron chi connectivity index (χ0n) is 13.4. The third kappa shape index (κ3) is 4.10. The van der Waals surface area contributed by atoms with Crippen LogP contribution in [0.2, 0.25) is 0 Å². The van der Waals surface area contributed by atoms with Crippen LogP contribution in [0.4, 0.5) is 5.69 Å². The number of oxazole rings is 1. The van der Waals surface area contributed by atoms with Gasteiger partial charge in [0.1, 0.15) is 11.5 Å². The van der Waals surface area contributed by atoms with E-state index in [1.54, 1.807) is 12.1 Å². The first-order chi connectivity index (χ1) is 10.3. The van der Waals surface area contributed by atoms with Gasteiger partial charge in [0.2, 0.25) is 5.91 Å². The third-order valence-electron chi connectivity index (χ3n) is 3.26. The number of rotatable bonds is 4.